The van der Waals surface area contributed by atoms with Gasteiger partial charge in [0.15, 0.2) is 23.1 Å². The number of fused-ring (bicyclic) bond motifs is 6. The van der Waals surface area contributed by atoms with Crippen LogP contribution in [0, 0.1) is 0 Å². The molecule has 2 aliphatic rings. The van der Waals surface area contributed by atoms with Crippen molar-refractivity contribution in [2.75, 3.05) is 0 Å². The molecule has 0 saturated heterocycles. The SMILES string of the molecule is C=Cc1cccs1.O=C1C=CC(=O)C=C1.O=C1c2ccc3sccc3c2C(=O)c2ccc3sccc3c21. The van der Waals surface area contributed by atoms with Gasteiger partial charge in [-0.25, -0.2) is 0 Å². The highest BCUT2D eigenvalue weighted by atomic mass is 32.1. The van der Waals surface area contributed by atoms with Gasteiger partial charge >= 0.3 is 0 Å². The third kappa shape index (κ3) is 4.84. The molecule has 37 heavy (non-hydrogen) atoms. The van der Waals surface area contributed by atoms with E-state index in [1.807, 2.05) is 58.6 Å². The van der Waals surface area contributed by atoms with Gasteiger partial charge in [-0.1, -0.05) is 18.7 Å². The van der Waals surface area contributed by atoms with Crippen molar-refractivity contribution in [3.63, 3.8) is 0 Å². The van der Waals surface area contributed by atoms with Gasteiger partial charge < -0.3 is 0 Å². The van der Waals surface area contributed by atoms with E-state index in [0.29, 0.717) is 22.3 Å². The van der Waals surface area contributed by atoms with E-state index in [4.69, 9.17) is 0 Å². The lowest BCUT2D eigenvalue weighted by atomic mass is 9.81. The van der Waals surface area contributed by atoms with E-state index in [1.54, 1.807) is 46.1 Å². The van der Waals surface area contributed by atoms with Crippen LogP contribution in [0.1, 0.15) is 36.7 Å². The normalized spacial score (nSPS) is 13.5. The Morgan fingerprint density at radius 1 is 0.568 bits per heavy atom. The second kappa shape index (κ2) is 10.5. The maximum absolute atomic E-state index is 13.0. The van der Waals surface area contributed by atoms with Gasteiger partial charge in [-0.3, -0.25) is 19.2 Å². The molecule has 3 aromatic heterocycles. The molecular weight excluding hydrogens is 521 g/mol. The van der Waals surface area contributed by atoms with Gasteiger partial charge in [-0.05, 0) is 82.9 Å². The summed E-state index contributed by atoms with van der Waals surface area (Å²) < 4.78 is 2.08. The summed E-state index contributed by atoms with van der Waals surface area (Å²) in [7, 11) is 0. The second-order valence-electron chi connectivity index (χ2n) is 7.99. The minimum atomic E-state index is -0.121. The first-order valence-corrected chi connectivity index (χ1v) is 13.8. The molecule has 0 radical (unpaired) electrons. The summed E-state index contributed by atoms with van der Waals surface area (Å²) in [5.41, 5.74) is 2.18. The van der Waals surface area contributed by atoms with Crippen LogP contribution >= 0.6 is 34.0 Å². The van der Waals surface area contributed by atoms with Crippen LogP contribution in [-0.4, -0.2) is 23.1 Å². The summed E-state index contributed by atoms with van der Waals surface area (Å²) in [4.78, 5) is 47.8. The average molecular weight is 539 g/mol. The Kier molecular flexibility index (Phi) is 7.01. The Balaban J connectivity index is 0.000000153. The van der Waals surface area contributed by atoms with Crippen molar-refractivity contribution in [1.29, 1.82) is 0 Å². The van der Waals surface area contributed by atoms with Crippen LogP contribution in [0.2, 0.25) is 0 Å². The number of hydrogen-bond donors (Lipinski definition) is 0. The van der Waals surface area contributed by atoms with Crippen molar-refractivity contribution in [3.8, 4) is 0 Å². The molecule has 0 amide bonds. The molecule has 0 aliphatic heterocycles. The third-order valence-electron chi connectivity index (χ3n) is 5.78. The topological polar surface area (TPSA) is 68.3 Å². The van der Waals surface area contributed by atoms with Crippen LogP contribution in [0.4, 0.5) is 0 Å². The lowest BCUT2D eigenvalue weighted by Gasteiger charge is -2.19. The number of carbonyl (C=O) groups is 4. The van der Waals surface area contributed by atoms with E-state index in [2.05, 4.69) is 6.58 Å². The van der Waals surface area contributed by atoms with Gasteiger partial charge in [0.05, 0.1) is 0 Å². The summed E-state index contributed by atoms with van der Waals surface area (Å²) in [5.74, 6) is -0.322. The van der Waals surface area contributed by atoms with E-state index in [-0.39, 0.29) is 23.1 Å². The minimum absolute atomic E-state index is 0.0401. The summed E-state index contributed by atoms with van der Waals surface area (Å²) >= 11 is 4.88. The predicted molar refractivity (Wildman–Crippen MR) is 153 cm³/mol. The Hall–Kier alpha value is -4.04. The largest absolute Gasteiger partial charge is 0.290 e. The summed E-state index contributed by atoms with van der Waals surface area (Å²) in [6, 6.07) is 15.4. The van der Waals surface area contributed by atoms with Crippen LogP contribution in [0.3, 0.4) is 0 Å². The maximum atomic E-state index is 13.0. The van der Waals surface area contributed by atoms with Gasteiger partial charge in [0.25, 0.3) is 0 Å². The monoisotopic (exact) mass is 538 g/mol. The van der Waals surface area contributed by atoms with Crippen molar-refractivity contribution < 1.29 is 19.2 Å². The summed E-state index contributed by atoms with van der Waals surface area (Å²) in [6.07, 6.45) is 6.86. The second-order valence-corrected chi connectivity index (χ2v) is 10.9. The number of rotatable bonds is 1. The molecule has 0 unspecified atom stereocenters. The van der Waals surface area contributed by atoms with E-state index in [1.165, 1.54) is 29.2 Å². The molecule has 7 heteroatoms. The zero-order valence-electron chi connectivity index (χ0n) is 19.3. The van der Waals surface area contributed by atoms with E-state index < -0.39 is 0 Å². The first-order chi connectivity index (χ1) is 18.0. The quantitative estimate of drug-likeness (QED) is 0.203. The molecule has 4 nitrogen and oxygen atoms in total. The smallest absolute Gasteiger partial charge is 0.195 e. The molecule has 5 aromatic rings. The van der Waals surface area contributed by atoms with Crippen molar-refractivity contribution in [2.45, 2.75) is 0 Å². The standard InChI is InChI=1S/C18H8O2S2.C6H4O2.C6H6S/c19-17-11-1-3-13-9(5-7-21-13)15(11)18(20)12-2-4-14-10(16(12)17)6-8-22-14;7-5-1-2-6(8)4-3-5;1-2-6-4-3-5-7-6/h1-8H;1-4H;2-5H,1H2. The predicted octanol–water partition coefficient (Wildman–Crippen LogP) is 7.53. The minimum Gasteiger partial charge on any atom is -0.290 e. The first kappa shape index (κ1) is 24.6. The zero-order valence-corrected chi connectivity index (χ0v) is 21.8. The maximum Gasteiger partial charge on any atom is 0.195 e. The molecule has 0 spiro atoms. The summed E-state index contributed by atoms with van der Waals surface area (Å²) in [5, 5.41) is 7.73. The molecule has 0 fully saturated rings. The Morgan fingerprint density at radius 2 is 1.05 bits per heavy atom. The fourth-order valence-corrected chi connectivity index (χ4v) is 6.23. The Labute approximate surface area is 224 Å². The molecule has 0 N–H and O–H groups in total. The number of allylic oxidation sites excluding steroid dienone is 4. The van der Waals surface area contributed by atoms with Gasteiger partial charge in [0.2, 0.25) is 0 Å². The summed E-state index contributed by atoms with van der Waals surface area (Å²) in [6.45, 7) is 3.61. The third-order valence-corrected chi connectivity index (χ3v) is 8.41. The van der Waals surface area contributed by atoms with Crippen LogP contribution < -0.4 is 0 Å². The molecule has 0 saturated carbocycles. The molecule has 2 aliphatic carbocycles. The molecule has 180 valence electrons. The van der Waals surface area contributed by atoms with Crippen LogP contribution in [0.25, 0.3) is 26.2 Å². The van der Waals surface area contributed by atoms with Crippen LogP contribution in [0.5, 0.6) is 0 Å². The molecule has 0 bridgehead atoms. The van der Waals surface area contributed by atoms with Gasteiger partial charge in [0, 0.05) is 47.3 Å². The highest BCUT2D eigenvalue weighted by Gasteiger charge is 2.32. The number of thiophene rings is 3. The molecule has 3 heterocycles. The molecule has 7 rings (SSSR count). The first-order valence-electron chi connectivity index (χ1n) is 11.2. The number of carbonyl (C=O) groups excluding carboxylic acids is 4. The number of ketones is 4. The fourth-order valence-electron chi connectivity index (χ4n) is 4.07. The van der Waals surface area contributed by atoms with Gasteiger partial charge in [0.1, 0.15) is 0 Å². The molecule has 0 atom stereocenters. The van der Waals surface area contributed by atoms with E-state index in [9.17, 15) is 19.2 Å². The van der Waals surface area contributed by atoms with Crippen LogP contribution in [0.15, 0.2) is 95.6 Å². The van der Waals surface area contributed by atoms with Crippen molar-refractivity contribution in [2.24, 2.45) is 0 Å². The van der Waals surface area contributed by atoms with E-state index in [0.717, 1.165) is 20.2 Å². The number of benzene rings is 2. The number of hydrogen-bond acceptors (Lipinski definition) is 7. The van der Waals surface area contributed by atoms with Gasteiger partial charge in [-0.2, -0.15) is 0 Å². The average Bonchev–Trinajstić information content (AvgIpc) is 3.70. The highest BCUT2D eigenvalue weighted by Crippen LogP contribution is 2.38. The lowest BCUT2D eigenvalue weighted by Crippen LogP contribution is -2.21. The Bertz CT molecular complexity index is 1630. The molecular formula is C30H18O4S3. The van der Waals surface area contributed by atoms with E-state index >= 15 is 0 Å². The molecule has 2 aromatic carbocycles. The highest BCUT2D eigenvalue weighted by molar-refractivity contribution is 7.17. The fraction of sp³-hybridized carbons (Fsp3) is 0. The Morgan fingerprint density at radius 3 is 1.43 bits per heavy atom. The lowest BCUT2D eigenvalue weighted by molar-refractivity contribution is -0.113. The zero-order chi connectivity index (χ0) is 25.9. The van der Waals surface area contributed by atoms with Gasteiger partial charge in [-0.15, -0.1) is 34.0 Å². The van der Waals surface area contributed by atoms with Crippen molar-refractivity contribution in [1.82, 2.24) is 0 Å². The van der Waals surface area contributed by atoms with Crippen molar-refractivity contribution in [3.05, 3.63) is 123 Å². The van der Waals surface area contributed by atoms with Crippen molar-refractivity contribution >= 4 is 83.4 Å². The van der Waals surface area contributed by atoms with Crippen LogP contribution in [-0.2, 0) is 9.59 Å².